The number of nitrogens with one attached hydrogen (secondary N) is 1. The Kier molecular flexibility index (Phi) is 5.35. The van der Waals surface area contributed by atoms with Crippen LogP contribution in [0.2, 0.25) is 0 Å². The quantitative estimate of drug-likeness (QED) is 0.900. The lowest BCUT2D eigenvalue weighted by molar-refractivity contribution is 0.0996. The van der Waals surface area contributed by atoms with Crippen LogP contribution in [-0.2, 0) is 0 Å². The first kappa shape index (κ1) is 16.3. The number of amides is 3. The summed E-state index contributed by atoms with van der Waals surface area (Å²) in [7, 11) is 0. The molecule has 0 aliphatic carbocycles. The van der Waals surface area contributed by atoms with Crippen molar-refractivity contribution < 1.29 is 14.0 Å². The van der Waals surface area contributed by atoms with Crippen LogP contribution in [0, 0.1) is 5.82 Å². The Hall–Kier alpha value is -2.11. The molecule has 1 saturated heterocycles. The summed E-state index contributed by atoms with van der Waals surface area (Å²) in [6.07, 6.45) is 5.15. The summed E-state index contributed by atoms with van der Waals surface area (Å²) >= 11 is 0. The number of halogens is 1. The Labute approximate surface area is 129 Å². The third-order valence-corrected chi connectivity index (χ3v) is 4.10. The second kappa shape index (κ2) is 7.24. The number of urea groups is 1. The van der Waals surface area contributed by atoms with Gasteiger partial charge in [0.2, 0.25) is 0 Å². The van der Waals surface area contributed by atoms with Gasteiger partial charge in [-0.05, 0) is 37.5 Å². The van der Waals surface area contributed by atoms with Crippen molar-refractivity contribution in [2.75, 3.05) is 11.9 Å². The second-order valence-electron chi connectivity index (χ2n) is 5.59. The summed E-state index contributed by atoms with van der Waals surface area (Å²) < 4.78 is 13.7. The highest BCUT2D eigenvalue weighted by atomic mass is 19.1. The minimum atomic E-state index is -0.825. The summed E-state index contributed by atoms with van der Waals surface area (Å²) in [5, 5.41) is 2.71. The van der Waals surface area contributed by atoms with Crippen LogP contribution in [-0.4, -0.2) is 29.4 Å². The zero-order valence-electron chi connectivity index (χ0n) is 12.8. The first-order chi connectivity index (χ1) is 10.5. The van der Waals surface area contributed by atoms with Gasteiger partial charge in [-0.2, -0.15) is 0 Å². The molecule has 0 bridgehead atoms. The van der Waals surface area contributed by atoms with E-state index in [1.54, 1.807) is 0 Å². The number of hydrogen-bond acceptors (Lipinski definition) is 2. The molecule has 1 aromatic carbocycles. The van der Waals surface area contributed by atoms with E-state index in [0.717, 1.165) is 38.2 Å². The number of carbonyl (C=O) groups is 2. The maximum Gasteiger partial charge on any atom is 0.322 e. The number of nitrogens with zero attached hydrogens (tertiary/aromatic N) is 1. The van der Waals surface area contributed by atoms with E-state index in [9.17, 15) is 14.0 Å². The monoisotopic (exact) mass is 307 g/mol. The molecular formula is C16H22FN3O2. The van der Waals surface area contributed by atoms with Gasteiger partial charge in [-0.25, -0.2) is 9.18 Å². The number of likely N-dealkylation sites (tertiary alicyclic amines) is 1. The fourth-order valence-electron chi connectivity index (χ4n) is 2.86. The molecule has 0 saturated carbocycles. The lowest BCUT2D eigenvalue weighted by Gasteiger charge is -2.29. The standard InChI is InChI=1S/C16H22FN3O2/c1-2-12-6-4-3-5-9-20(12)16(22)19-11-7-8-13(15(18)21)14(17)10-11/h7-8,10,12H,2-6,9H2,1H3,(H2,18,21)(H,19,22). The van der Waals surface area contributed by atoms with Crippen LogP contribution < -0.4 is 11.1 Å². The molecule has 5 nitrogen and oxygen atoms in total. The normalized spacial score (nSPS) is 18.6. The third kappa shape index (κ3) is 3.75. The van der Waals surface area contributed by atoms with Crippen molar-refractivity contribution in [2.45, 2.75) is 45.1 Å². The zero-order chi connectivity index (χ0) is 16.1. The summed E-state index contributed by atoms with van der Waals surface area (Å²) in [5.74, 6) is -1.55. The van der Waals surface area contributed by atoms with Gasteiger partial charge >= 0.3 is 6.03 Å². The van der Waals surface area contributed by atoms with Crippen molar-refractivity contribution in [1.82, 2.24) is 4.90 Å². The summed E-state index contributed by atoms with van der Waals surface area (Å²) in [5.41, 5.74) is 5.21. The van der Waals surface area contributed by atoms with Gasteiger partial charge in [-0.1, -0.05) is 19.8 Å². The van der Waals surface area contributed by atoms with E-state index in [0.29, 0.717) is 12.2 Å². The van der Waals surface area contributed by atoms with Gasteiger partial charge in [-0.3, -0.25) is 4.79 Å². The number of nitrogens with two attached hydrogens (primary N) is 1. The molecule has 1 heterocycles. The van der Waals surface area contributed by atoms with E-state index >= 15 is 0 Å². The Balaban J connectivity index is 2.10. The average molecular weight is 307 g/mol. The Morgan fingerprint density at radius 3 is 2.77 bits per heavy atom. The summed E-state index contributed by atoms with van der Waals surface area (Å²) in [6, 6.07) is 3.89. The fraction of sp³-hybridized carbons (Fsp3) is 0.500. The van der Waals surface area contributed by atoms with Crippen LogP contribution in [0.3, 0.4) is 0 Å². The van der Waals surface area contributed by atoms with E-state index in [1.165, 1.54) is 12.1 Å². The van der Waals surface area contributed by atoms with Crippen LogP contribution >= 0.6 is 0 Å². The molecule has 1 atom stereocenters. The van der Waals surface area contributed by atoms with Gasteiger partial charge in [0.25, 0.3) is 5.91 Å². The minimum absolute atomic E-state index is 0.181. The molecule has 1 aromatic rings. The Morgan fingerprint density at radius 2 is 2.14 bits per heavy atom. The number of benzene rings is 1. The maximum atomic E-state index is 13.7. The molecule has 22 heavy (non-hydrogen) atoms. The minimum Gasteiger partial charge on any atom is -0.366 e. The molecule has 0 aromatic heterocycles. The van der Waals surface area contributed by atoms with Crippen LogP contribution in [0.1, 0.15) is 49.4 Å². The van der Waals surface area contributed by atoms with Gasteiger partial charge in [-0.15, -0.1) is 0 Å². The number of hydrogen-bond donors (Lipinski definition) is 2. The summed E-state index contributed by atoms with van der Waals surface area (Å²) in [6.45, 7) is 2.78. The SMILES string of the molecule is CCC1CCCCCN1C(=O)Nc1ccc(C(N)=O)c(F)c1. The van der Waals surface area contributed by atoms with Crippen LogP contribution in [0.4, 0.5) is 14.9 Å². The molecule has 0 spiro atoms. The van der Waals surface area contributed by atoms with Crippen molar-refractivity contribution >= 4 is 17.6 Å². The van der Waals surface area contributed by atoms with Gasteiger partial charge in [0, 0.05) is 18.3 Å². The average Bonchev–Trinajstić information content (AvgIpc) is 2.72. The lowest BCUT2D eigenvalue weighted by Crippen LogP contribution is -2.42. The Morgan fingerprint density at radius 1 is 1.36 bits per heavy atom. The highest BCUT2D eigenvalue weighted by Crippen LogP contribution is 2.21. The number of anilines is 1. The molecule has 1 aliphatic rings. The second-order valence-corrected chi connectivity index (χ2v) is 5.59. The van der Waals surface area contributed by atoms with E-state index in [2.05, 4.69) is 12.2 Å². The van der Waals surface area contributed by atoms with E-state index in [4.69, 9.17) is 5.73 Å². The molecule has 3 N–H and O–H groups in total. The smallest absolute Gasteiger partial charge is 0.322 e. The van der Waals surface area contributed by atoms with Crippen molar-refractivity contribution in [3.05, 3.63) is 29.6 Å². The van der Waals surface area contributed by atoms with Crippen LogP contribution in [0.15, 0.2) is 18.2 Å². The molecule has 1 fully saturated rings. The number of carbonyl (C=O) groups excluding carboxylic acids is 2. The summed E-state index contributed by atoms with van der Waals surface area (Å²) in [4.78, 5) is 25.3. The third-order valence-electron chi connectivity index (χ3n) is 4.10. The van der Waals surface area contributed by atoms with Gasteiger partial charge in [0.1, 0.15) is 5.82 Å². The highest BCUT2D eigenvalue weighted by Gasteiger charge is 2.24. The van der Waals surface area contributed by atoms with Gasteiger partial charge in [0.15, 0.2) is 0 Å². The molecule has 120 valence electrons. The van der Waals surface area contributed by atoms with Crippen molar-refractivity contribution in [2.24, 2.45) is 5.73 Å². The molecule has 2 rings (SSSR count). The van der Waals surface area contributed by atoms with E-state index < -0.39 is 11.7 Å². The molecular weight excluding hydrogens is 285 g/mol. The molecule has 0 radical (unpaired) electrons. The molecule has 1 aliphatic heterocycles. The van der Waals surface area contributed by atoms with Crippen molar-refractivity contribution in [1.29, 1.82) is 0 Å². The predicted molar refractivity (Wildman–Crippen MR) is 83.2 cm³/mol. The predicted octanol–water partition coefficient (Wildman–Crippen LogP) is 3.11. The topological polar surface area (TPSA) is 75.4 Å². The Bertz CT molecular complexity index is 562. The van der Waals surface area contributed by atoms with E-state index in [-0.39, 0.29) is 17.6 Å². The van der Waals surface area contributed by atoms with Crippen molar-refractivity contribution in [3.8, 4) is 0 Å². The van der Waals surface area contributed by atoms with Crippen LogP contribution in [0.25, 0.3) is 0 Å². The van der Waals surface area contributed by atoms with Crippen molar-refractivity contribution in [3.63, 3.8) is 0 Å². The van der Waals surface area contributed by atoms with Crippen LogP contribution in [0.5, 0.6) is 0 Å². The number of rotatable bonds is 3. The van der Waals surface area contributed by atoms with Gasteiger partial charge in [0.05, 0.1) is 5.56 Å². The first-order valence-corrected chi connectivity index (χ1v) is 7.70. The molecule has 1 unspecified atom stereocenters. The number of primary amides is 1. The van der Waals surface area contributed by atoms with Gasteiger partial charge < -0.3 is 16.0 Å². The lowest BCUT2D eigenvalue weighted by atomic mass is 10.1. The maximum absolute atomic E-state index is 13.7. The fourth-order valence-corrected chi connectivity index (χ4v) is 2.86. The van der Waals surface area contributed by atoms with E-state index in [1.807, 2.05) is 4.90 Å². The molecule has 3 amide bonds. The molecule has 6 heteroatoms. The highest BCUT2D eigenvalue weighted by molar-refractivity contribution is 5.94. The zero-order valence-corrected chi connectivity index (χ0v) is 12.8. The first-order valence-electron chi connectivity index (χ1n) is 7.70. The largest absolute Gasteiger partial charge is 0.366 e.